The Morgan fingerprint density at radius 1 is 1.55 bits per heavy atom. The highest BCUT2D eigenvalue weighted by Gasteiger charge is 2.13. The Morgan fingerprint density at radius 2 is 2.20 bits per heavy atom. The van der Waals surface area contributed by atoms with Gasteiger partial charge in [0.05, 0.1) is 10.8 Å². The van der Waals surface area contributed by atoms with Crippen molar-refractivity contribution in [2.45, 2.75) is 30.6 Å². The van der Waals surface area contributed by atoms with Gasteiger partial charge in [-0.3, -0.25) is 4.21 Å². The summed E-state index contributed by atoms with van der Waals surface area (Å²) in [6.45, 7) is 3.41. The molecule has 0 aliphatic carbocycles. The molecule has 9 heteroatoms. The topological polar surface area (TPSA) is 56.0 Å². The standard InChI is InChI=1S/C11H13F3N2O2S2/c1-7(2)16(17)5-8-6-19-11(15-8)20(18)4-3-9(12)10(13)14/h5-7H,3-4H2,1-2H3/b16-5-. The summed E-state index contributed by atoms with van der Waals surface area (Å²) in [6, 6.07) is -0.252. The van der Waals surface area contributed by atoms with Crippen LogP contribution < -0.4 is 0 Å². The van der Waals surface area contributed by atoms with E-state index in [0.717, 1.165) is 11.3 Å². The fourth-order valence-corrected chi connectivity index (χ4v) is 3.14. The van der Waals surface area contributed by atoms with Crippen molar-refractivity contribution in [2.75, 3.05) is 5.75 Å². The fourth-order valence-electron chi connectivity index (χ4n) is 1.08. The van der Waals surface area contributed by atoms with E-state index in [2.05, 4.69) is 4.98 Å². The molecule has 1 aromatic rings. The van der Waals surface area contributed by atoms with E-state index in [1.165, 1.54) is 11.6 Å². The fraction of sp³-hybridized carbons (Fsp3) is 0.455. The quantitative estimate of drug-likeness (QED) is 0.349. The van der Waals surface area contributed by atoms with Gasteiger partial charge in [0, 0.05) is 17.6 Å². The second-order valence-electron chi connectivity index (χ2n) is 4.09. The molecule has 0 aliphatic rings. The smallest absolute Gasteiger partial charge is 0.301 e. The third kappa shape index (κ3) is 5.04. The van der Waals surface area contributed by atoms with Crippen molar-refractivity contribution in [3.8, 4) is 0 Å². The zero-order valence-electron chi connectivity index (χ0n) is 10.8. The summed E-state index contributed by atoms with van der Waals surface area (Å²) in [7, 11) is -1.67. The molecule has 0 aliphatic heterocycles. The number of rotatable bonds is 6. The highest BCUT2D eigenvalue weighted by Crippen LogP contribution is 2.18. The molecular weight excluding hydrogens is 313 g/mol. The van der Waals surface area contributed by atoms with Crippen molar-refractivity contribution < 1.29 is 22.1 Å². The number of halogens is 3. The average molecular weight is 326 g/mol. The lowest BCUT2D eigenvalue weighted by Gasteiger charge is -2.05. The Labute approximate surface area is 120 Å². The first-order valence-electron chi connectivity index (χ1n) is 5.65. The number of aromatic nitrogens is 1. The summed E-state index contributed by atoms with van der Waals surface area (Å²) in [5, 5.41) is 12.9. The molecule has 0 bridgehead atoms. The van der Waals surface area contributed by atoms with E-state index in [0.29, 0.717) is 10.4 Å². The van der Waals surface area contributed by atoms with Crippen LogP contribution in [0.3, 0.4) is 0 Å². The molecule has 0 fully saturated rings. The Bertz CT molecular complexity index is 552. The monoisotopic (exact) mass is 326 g/mol. The summed E-state index contributed by atoms with van der Waals surface area (Å²) in [5.41, 5.74) is 0.342. The molecule has 0 N–H and O–H groups in total. The number of hydrogen-bond acceptors (Lipinski definition) is 4. The molecule has 20 heavy (non-hydrogen) atoms. The van der Waals surface area contributed by atoms with Crippen molar-refractivity contribution in [1.29, 1.82) is 0 Å². The Morgan fingerprint density at radius 3 is 2.75 bits per heavy atom. The first-order valence-corrected chi connectivity index (χ1v) is 7.85. The van der Waals surface area contributed by atoms with Crippen LogP contribution in [0.5, 0.6) is 0 Å². The van der Waals surface area contributed by atoms with Crippen LogP contribution in [-0.2, 0) is 10.8 Å². The van der Waals surface area contributed by atoms with Crippen LogP contribution in [0.2, 0.25) is 0 Å². The maximum Gasteiger partial charge on any atom is 0.301 e. The van der Waals surface area contributed by atoms with Gasteiger partial charge in [-0.05, 0) is 13.8 Å². The third-order valence-corrected chi connectivity index (χ3v) is 4.73. The first-order chi connectivity index (χ1) is 9.31. The first kappa shape index (κ1) is 16.8. The van der Waals surface area contributed by atoms with Crippen LogP contribution in [0, 0.1) is 5.21 Å². The number of allylic oxidation sites excluding steroid dienone is 1. The lowest BCUT2D eigenvalue weighted by Crippen LogP contribution is -2.15. The summed E-state index contributed by atoms with van der Waals surface area (Å²) < 4.78 is 48.9. The molecule has 1 unspecified atom stereocenters. The lowest BCUT2D eigenvalue weighted by molar-refractivity contribution is -0.487. The Balaban J connectivity index is 2.70. The maximum absolute atomic E-state index is 12.6. The number of thiazole rings is 1. The second kappa shape index (κ2) is 7.53. The van der Waals surface area contributed by atoms with Gasteiger partial charge in [0.2, 0.25) is 6.21 Å². The average Bonchev–Trinajstić information content (AvgIpc) is 2.83. The van der Waals surface area contributed by atoms with E-state index in [9.17, 15) is 22.6 Å². The number of hydrogen-bond donors (Lipinski definition) is 0. The molecule has 0 saturated heterocycles. The largest absolute Gasteiger partial charge is 0.624 e. The van der Waals surface area contributed by atoms with Gasteiger partial charge in [-0.25, -0.2) is 14.1 Å². The van der Waals surface area contributed by atoms with Gasteiger partial charge in [0.25, 0.3) is 0 Å². The lowest BCUT2D eigenvalue weighted by atomic mass is 10.4. The van der Waals surface area contributed by atoms with Crippen LogP contribution in [0.1, 0.15) is 26.0 Å². The van der Waals surface area contributed by atoms with E-state index >= 15 is 0 Å². The molecule has 1 aromatic heterocycles. The van der Waals surface area contributed by atoms with Gasteiger partial charge in [-0.2, -0.15) is 8.78 Å². The van der Waals surface area contributed by atoms with Crippen LogP contribution in [-0.4, -0.2) is 31.9 Å². The zero-order valence-corrected chi connectivity index (χ0v) is 12.4. The van der Waals surface area contributed by atoms with Gasteiger partial charge in [-0.1, -0.05) is 0 Å². The summed E-state index contributed by atoms with van der Waals surface area (Å²) >= 11 is 1.04. The van der Waals surface area contributed by atoms with Crippen molar-refractivity contribution in [1.82, 2.24) is 4.98 Å². The van der Waals surface area contributed by atoms with Gasteiger partial charge < -0.3 is 5.21 Å². The summed E-state index contributed by atoms with van der Waals surface area (Å²) in [6.07, 6.45) is -1.74. The molecule has 0 spiro atoms. The summed E-state index contributed by atoms with van der Waals surface area (Å²) in [5.74, 6) is -1.84. The minimum absolute atomic E-state index is 0.181. The maximum atomic E-state index is 12.6. The molecule has 1 heterocycles. The van der Waals surface area contributed by atoms with Crippen LogP contribution in [0.15, 0.2) is 21.6 Å². The van der Waals surface area contributed by atoms with Gasteiger partial charge in [0.1, 0.15) is 5.69 Å². The van der Waals surface area contributed by atoms with E-state index < -0.39 is 29.1 Å². The minimum atomic E-state index is -2.39. The molecule has 1 atom stereocenters. The van der Waals surface area contributed by atoms with Gasteiger partial charge in [0.15, 0.2) is 16.2 Å². The molecule has 4 nitrogen and oxygen atoms in total. The Hall–Kier alpha value is -1.22. The highest BCUT2D eigenvalue weighted by atomic mass is 32.2. The van der Waals surface area contributed by atoms with E-state index in [1.807, 2.05) is 0 Å². The molecule has 0 aromatic carbocycles. The zero-order chi connectivity index (χ0) is 15.3. The van der Waals surface area contributed by atoms with E-state index in [4.69, 9.17) is 0 Å². The third-order valence-electron chi connectivity index (χ3n) is 2.18. The second-order valence-corrected chi connectivity index (χ2v) is 6.69. The van der Waals surface area contributed by atoms with Crippen LogP contribution in [0.25, 0.3) is 0 Å². The number of hydroxylamine groups is 1. The molecule has 0 radical (unpaired) electrons. The molecule has 0 amide bonds. The normalized spacial score (nSPS) is 13.6. The predicted molar refractivity (Wildman–Crippen MR) is 72.3 cm³/mol. The predicted octanol–water partition coefficient (Wildman–Crippen LogP) is 3.06. The van der Waals surface area contributed by atoms with Crippen molar-refractivity contribution in [3.05, 3.63) is 28.2 Å². The highest BCUT2D eigenvalue weighted by molar-refractivity contribution is 7.87. The van der Waals surface area contributed by atoms with Gasteiger partial charge >= 0.3 is 6.08 Å². The van der Waals surface area contributed by atoms with Crippen molar-refractivity contribution in [2.24, 2.45) is 0 Å². The van der Waals surface area contributed by atoms with Crippen LogP contribution >= 0.6 is 11.3 Å². The molecule has 112 valence electrons. The minimum Gasteiger partial charge on any atom is -0.624 e. The molecule has 1 rings (SSSR count). The molecular formula is C11H13F3N2O2S2. The molecule has 0 saturated carbocycles. The van der Waals surface area contributed by atoms with Crippen molar-refractivity contribution >= 4 is 28.4 Å². The Kier molecular flexibility index (Phi) is 6.34. The van der Waals surface area contributed by atoms with E-state index in [1.54, 1.807) is 13.8 Å². The summed E-state index contributed by atoms with van der Waals surface area (Å²) in [4.78, 5) is 3.95. The van der Waals surface area contributed by atoms with Gasteiger partial charge in [-0.15, -0.1) is 11.3 Å². The van der Waals surface area contributed by atoms with Crippen LogP contribution in [0.4, 0.5) is 13.2 Å². The number of nitrogens with zero attached hydrogens (tertiary/aromatic N) is 2. The van der Waals surface area contributed by atoms with E-state index in [-0.39, 0.29) is 16.1 Å². The van der Waals surface area contributed by atoms with Crippen molar-refractivity contribution in [3.63, 3.8) is 0 Å². The SMILES string of the molecule is CC(C)/[N+]([O-])=C/c1csc(S(=O)CCC(F)=C(F)F)n1.